The second kappa shape index (κ2) is 6.77. The minimum atomic E-state index is -0.378. The third-order valence-electron chi connectivity index (χ3n) is 4.33. The van der Waals surface area contributed by atoms with Crippen LogP contribution in [0.3, 0.4) is 0 Å². The molecule has 0 aromatic carbocycles. The van der Waals surface area contributed by atoms with Crippen molar-refractivity contribution < 1.29 is 9.53 Å². The van der Waals surface area contributed by atoms with Gasteiger partial charge in [-0.15, -0.1) is 11.3 Å². The molecule has 1 aliphatic heterocycles. The maximum Gasteiger partial charge on any atom is 0.271 e. The normalized spacial score (nSPS) is 17.3. The van der Waals surface area contributed by atoms with Crippen molar-refractivity contribution in [2.24, 2.45) is 5.41 Å². The molecule has 1 saturated heterocycles. The zero-order valence-electron chi connectivity index (χ0n) is 13.0. The van der Waals surface area contributed by atoms with E-state index in [0.717, 1.165) is 25.9 Å². The largest absolute Gasteiger partial charge is 0.384 e. The zero-order valence-corrected chi connectivity index (χ0v) is 13.8. The summed E-state index contributed by atoms with van der Waals surface area (Å²) in [6.45, 7) is 2.90. The Morgan fingerprint density at radius 2 is 2.30 bits per heavy atom. The van der Waals surface area contributed by atoms with Crippen molar-refractivity contribution in [2.45, 2.75) is 12.8 Å². The molecule has 2 N–H and O–H groups in total. The molecule has 3 heterocycles. The molecule has 23 heavy (non-hydrogen) atoms. The molecule has 0 atom stereocenters. The first kappa shape index (κ1) is 16.1. The number of aromatic nitrogens is 2. The molecule has 0 bridgehead atoms. The molecule has 7 nitrogen and oxygen atoms in total. The van der Waals surface area contributed by atoms with Gasteiger partial charge >= 0.3 is 0 Å². The first-order valence-electron chi connectivity index (χ1n) is 7.58. The first-order chi connectivity index (χ1) is 11.2. The highest BCUT2D eigenvalue weighted by molar-refractivity contribution is 7.15. The monoisotopic (exact) mass is 336 g/mol. The van der Waals surface area contributed by atoms with Crippen LogP contribution in [0.25, 0.3) is 4.96 Å². The van der Waals surface area contributed by atoms with Crippen molar-refractivity contribution in [1.29, 1.82) is 0 Å². The maximum absolute atomic E-state index is 12.4. The summed E-state index contributed by atoms with van der Waals surface area (Å²) in [6.07, 6.45) is 4.85. The van der Waals surface area contributed by atoms with Gasteiger partial charge in [0.25, 0.3) is 11.5 Å². The van der Waals surface area contributed by atoms with Crippen LogP contribution in [-0.2, 0) is 4.74 Å². The Bertz CT molecular complexity index is 743. The number of nitrogens with one attached hydrogen (secondary N) is 2. The van der Waals surface area contributed by atoms with Gasteiger partial charge in [0.15, 0.2) is 4.96 Å². The average molecular weight is 336 g/mol. The van der Waals surface area contributed by atoms with Crippen LogP contribution in [0.4, 0.5) is 0 Å². The van der Waals surface area contributed by atoms with E-state index in [1.54, 1.807) is 18.7 Å². The van der Waals surface area contributed by atoms with Crippen molar-refractivity contribution >= 4 is 22.2 Å². The van der Waals surface area contributed by atoms with E-state index in [4.69, 9.17) is 4.74 Å². The summed E-state index contributed by atoms with van der Waals surface area (Å²) in [7, 11) is 1.67. The number of thiazole rings is 1. The van der Waals surface area contributed by atoms with Crippen LogP contribution in [0.15, 0.2) is 22.6 Å². The molecule has 3 rings (SSSR count). The van der Waals surface area contributed by atoms with Gasteiger partial charge in [0.1, 0.15) is 5.56 Å². The van der Waals surface area contributed by atoms with Gasteiger partial charge in [0.05, 0.1) is 6.61 Å². The molecule has 0 radical (unpaired) electrons. The summed E-state index contributed by atoms with van der Waals surface area (Å²) in [6, 6.07) is 0. The fourth-order valence-electron chi connectivity index (χ4n) is 2.98. The minimum absolute atomic E-state index is 0.0717. The van der Waals surface area contributed by atoms with E-state index < -0.39 is 0 Å². The number of ether oxygens (including phenoxy) is 1. The van der Waals surface area contributed by atoms with Crippen LogP contribution in [-0.4, -0.2) is 48.6 Å². The molecule has 124 valence electrons. The summed E-state index contributed by atoms with van der Waals surface area (Å²) in [5, 5.41) is 7.98. The third kappa shape index (κ3) is 3.29. The Hall–Kier alpha value is -1.77. The molecule has 2 aromatic heterocycles. The Kier molecular flexibility index (Phi) is 4.74. The molecule has 0 saturated carbocycles. The van der Waals surface area contributed by atoms with E-state index in [2.05, 4.69) is 15.6 Å². The fourth-order valence-corrected chi connectivity index (χ4v) is 3.65. The van der Waals surface area contributed by atoms with Gasteiger partial charge in [-0.25, -0.2) is 4.98 Å². The molecule has 2 aromatic rings. The Morgan fingerprint density at radius 1 is 1.52 bits per heavy atom. The predicted molar refractivity (Wildman–Crippen MR) is 88.1 cm³/mol. The molecule has 0 spiro atoms. The van der Waals surface area contributed by atoms with E-state index in [0.29, 0.717) is 18.1 Å². The molecule has 0 unspecified atom stereocenters. The van der Waals surface area contributed by atoms with Crippen molar-refractivity contribution in [3.05, 3.63) is 33.7 Å². The average Bonchev–Trinajstić information content (AvgIpc) is 3.04. The second-order valence-corrected chi connectivity index (χ2v) is 6.77. The predicted octanol–water partition coefficient (Wildman–Crippen LogP) is 0.502. The standard InChI is InChI=1S/C15H20N4O3S/c1-22-10-15(2-4-16-5-3-15)9-18-12(20)11-8-17-14-19(13(11)21)6-7-23-14/h6-8,16H,2-5,9-10H2,1H3,(H,18,20). The van der Waals surface area contributed by atoms with Gasteiger partial charge in [-0.05, 0) is 25.9 Å². The number of nitrogens with zero attached hydrogens (tertiary/aromatic N) is 2. The maximum atomic E-state index is 12.4. The second-order valence-electron chi connectivity index (χ2n) is 5.90. The summed E-state index contributed by atoms with van der Waals surface area (Å²) in [4.78, 5) is 29.5. The van der Waals surface area contributed by atoms with Crippen molar-refractivity contribution in [1.82, 2.24) is 20.0 Å². The van der Waals surface area contributed by atoms with Crippen molar-refractivity contribution in [2.75, 3.05) is 33.4 Å². The summed E-state index contributed by atoms with van der Waals surface area (Å²) < 4.78 is 6.74. The van der Waals surface area contributed by atoms with Crippen LogP contribution >= 0.6 is 11.3 Å². The quantitative estimate of drug-likeness (QED) is 0.831. The van der Waals surface area contributed by atoms with Gasteiger partial charge in [0, 0.05) is 36.8 Å². The minimum Gasteiger partial charge on any atom is -0.384 e. The highest BCUT2D eigenvalue weighted by Gasteiger charge is 2.32. The highest BCUT2D eigenvalue weighted by Crippen LogP contribution is 2.28. The smallest absolute Gasteiger partial charge is 0.271 e. The molecule has 1 amide bonds. The lowest BCUT2D eigenvalue weighted by Gasteiger charge is -2.37. The van der Waals surface area contributed by atoms with Gasteiger partial charge < -0.3 is 15.4 Å². The van der Waals surface area contributed by atoms with E-state index in [1.165, 1.54) is 21.9 Å². The van der Waals surface area contributed by atoms with Gasteiger partial charge in [-0.3, -0.25) is 14.0 Å². The number of piperidine rings is 1. The topological polar surface area (TPSA) is 84.7 Å². The number of amides is 1. The van der Waals surface area contributed by atoms with Crippen LogP contribution in [0, 0.1) is 5.41 Å². The van der Waals surface area contributed by atoms with Crippen molar-refractivity contribution in [3.8, 4) is 0 Å². The van der Waals surface area contributed by atoms with E-state index in [-0.39, 0.29) is 22.4 Å². The van der Waals surface area contributed by atoms with E-state index >= 15 is 0 Å². The number of hydrogen-bond donors (Lipinski definition) is 2. The lowest BCUT2D eigenvalue weighted by atomic mass is 9.79. The summed E-state index contributed by atoms with van der Waals surface area (Å²) >= 11 is 1.36. The molecule has 1 aliphatic rings. The SMILES string of the molecule is COCC1(CNC(=O)c2cnc3sccn3c2=O)CCNCC1. The fraction of sp³-hybridized carbons (Fsp3) is 0.533. The Labute approximate surface area is 137 Å². The lowest BCUT2D eigenvalue weighted by molar-refractivity contribution is 0.0511. The van der Waals surface area contributed by atoms with Gasteiger partial charge in [0.2, 0.25) is 0 Å². The Balaban J connectivity index is 1.74. The lowest BCUT2D eigenvalue weighted by Crippen LogP contribution is -2.47. The third-order valence-corrected chi connectivity index (χ3v) is 5.10. The molecular formula is C15H20N4O3S. The number of fused-ring (bicyclic) bond motifs is 1. The summed E-state index contributed by atoms with van der Waals surface area (Å²) in [5.41, 5.74) is -0.339. The Morgan fingerprint density at radius 3 is 3.04 bits per heavy atom. The number of carbonyl (C=O) groups excluding carboxylic acids is 1. The van der Waals surface area contributed by atoms with E-state index in [9.17, 15) is 9.59 Å². The molecule has 1 fully saturated rings. The number of rotatable bonds is 5. The molecule has 0 aliphatic carbocycles. The van der Waals surface area contributed by atoms with Gasteiger partial charge in [-0.2, -0.15) is 0 Å². The van der Waals surface area contributed by atoms with Crippen molar-refractivity contribution in [3.63, 3.8) is 0 Å². The summed E-state index contributed by atoms with van der Waals surface area (Å²) in [5.74, 6) is -0.378. The van der Waals surface area contributed by atoms with Crippen LogP contribution in [0.2, 0.25) is 0 Å². The number of methoxy groups -OCH3 is 1. The van der Waals surface area contributed by atoms with Crippen LogP contribution < -0.4 is 16.2 Å². The molecular weight excluding hydrogens is 316 g/mol. The number of carbonyl (C=O) groups is 1. The first-order valence-corrected chi connectivity index (χ1v) is 8.46. The highest BCUT2D eigenvalue weighted by atomic mass is 32.1. The zero-order chi connectivity index (χ0) is 16.3. The van der Waals surface area contributed by atoms with Gasteiger partial charge in [-0.1, -0.05) is 0 Å². The molecule has 8 heteroatoms. The van der Waals surface area contributed by atoms with Crippen LogP contribution in [0.1, 0.15) is 23.2 Å². The van der Waals surface area contributed by atoms with E-state index in [1.807, 2.05) is 0 Å². The van der Waals surface area contributed by atoms with Crippen LogP contribution in [0.5, 0.6) is 0 Å². The number of hydrogen-bond acceptors (Lipinski definition) is 6.